The fourth-order valence-corrected chi connectivity index (χ4v) is 3.88. The van der Waals surface area contributed by atoms with Crippen molar-refractivity contribution >= 4 is 27.9 Å². The number of nitrogens with two attached hydrogens (primary N) is 1. The largest absolute Gasteiger partial charge is 0.396 e. The molecule has 1 aliphatic rings. The van der Waals surface area contributed by atoms with Crippen molar-refractivity contribution in [3.8, 4) is 6.07 Å². The third-order valence-electron chi connectivity index (χ3n) is 3.97. The van der Waals surface area contributed by atoms with Crippen molar-refractivity contribution in [2.24, 2.45) is 5.92 Å². The zero-order valence-corrected chi connectivity index (χ0v) is 13.4. The summed E-state index contributed by atoms with van der Waals surface area (Å²) in [6.45, 7) is 6.49. The summed E-state index contributed by atoms with van der Waals surface area (Å²) in [6, 6.07) is 2.18. The lowest BCUT2D eigenvalue weighted by Crippen LogP contribution is -2.35. The summed E-state index contributed by atoms with van der Waals surface area (Å²) in [5.41, 5.74) is 6.80. The molecule has 0 aliphatic carbocycles. The zero-order valence-electron chi connectivity index (χ0n) is 12.6. The maximum absolute atomic E-state index is 12.0. The van der Waals surface area contributed by atoms with E-state index in [1.165, 1.54) is 17.8 Å². The molecule has 3 N–H and O–H groups in total. The van der Waals surface area contributed by atoms with Crippen molar-refractivity contribution in [3.63, 3.8) is 0 Å². The molecule has 0 spiro atoms. The van der Waals surface area contributed by atoms with Gasteiger partial charge in [0.25, 0.3) is 5.91 Å². The second-order valence-corrected chi connectivity index (χ2v) is 6.36. The molecular formula is C15H22N4OS. The predicted octanol–water partition coefficient (Wildman–Crippen LogP) is 2.58. The Morgan fingerprint density at radius 1 is 1.57 bits per heavy atom. The molecular weight excluding hydrogens is 284 g/mol. The van der Waals surface area contributed by atoms with Crippen LogP contribution in [0.15, 0.2) is 0 Å². The molecule has 21 heavy (non-hydrogen) atoms. The van der Waals surface area contributed by atoms with Crippen LogP contribution < -0.4 is 16.0 Å². The number of thiophene rings is 1. The maximum Gasteiger partial charge on any atom is 0.263 e. The number of hydrogen-bond donors (Lipinski definition) is 2. The molecule has 5 nitrogen and oxygen atoms in total. The van der Waals surface area contributed by atoms with Crippen LogP contribution >= 0.6 is 11.3 Å². The number of rotatable bonds is 4. The highest BCUT2D eigenvalue weighted by molar-refractivity contribution is 7.19. The Morgan fingerprint density at radius 3 is 2.95 bits per heavy atom. The summed E-state index contributed by atoms with van der Waals surface area (Å²) in [5, 5.41) is 13.0. The predicted molar refractivity (Wildman–Crippen MR) is 86.7 cm³/mol. The van der Waals surface area contributed by atoms with Gasteiger partial charge in [-0.05, 0) is 25.7 Å². The van der Waals surface area contributed by atoms with Crippen LogP contribution in [0.4, 0.5) is 10.7 Å². The molecule has 114 valence electrons. The highest BCUT2D eigenvalue weighted by atomic mass is 32.1. The summed E-state index contributed by atoms with van der Waals surface area (Å²) in [5.74, 6) is 0.466. The van der Waals surface area contributed by atoms with E-state index in [1.54, 1.807) is 0 Å². The minimum atomic E-state index is -0.188. The van der Waals surface area contributed by atoms with Crippen molar-refractivity contribution in [1.82, 2.24) is 5.32 Å². The van der Waals surface area contributed by atoms with E-state index < -0.39 is 0 Å². The fraction of sp³-hybridized carbons (Fsp3) is 0.600. The number of piperidine rings is 1. The number of anilines is 2. The maximum atomic E-state index is 12.0. The van der Waals surface area contributed by atoms with Crippen LogP contribution in [0.1, 0.15) is 48.3 Å². The number of carbonyl (C=O) groups excluding carboxylic acids is 1. The van der Waals surface area contributed by atoms with Crippen molar-refractivity contribution < 1.29 is 4.79 Å². The van der Waals surface area contributed by atoms with Gasteiger partial charge in [0.05, 0.1) is 5.69 Å². The first-order valence-electron chi connectivity index (χ1n) is 7.47. The highest BCUT2D eigenvalue weighted by Crippen LogP contribution is 2.39. The molecule has 2 rings (SSSR count). The summed E-state index contributed by atoms with van der Waals surface area (Å²) < 4.78 is 0. The minimum absolute atomic E-state index is 0.188. The van der Waals surface area contributed by atoms with Gasteiger partial charge in [-0.25, -0.2) is 0 Å². The van der Waals surface area contributed by atoms with Crippen molar-refractivity contribution in [2.75, 3.05) is 30.3 Å². The van der Waals surface area contributed by atoms with Gasteiger partial charge in [-0.2, -0.15) is 5.26 Å². The first-order chi connectivity index (χ1) is 10.1. The summed E-state index contributed by atoms with van der Waals surface area (Å²) in [4.78, 5) is 14.7. The molecule has 1 aromatic heterocycles. The van der Waals surface area contributed by atoms with E-state index in [2.05, 4.69) is 23.2 Å². The average molecular weight is 306 g/mol. The number of nitrogens with zero attached hydrogens (tertiary/aromatic N) is 2. The lowest BCUT2D eigenvalue weighted by atomic mass is 9.96. The van der Waals surface area contributed by atoms with Crippen LogP contribution in [0.5, 0.6) is 0 Å². The van der Waals surface area contributed by atoms with E-state index in [-0.39, 0.29) is 5.91 Å². The molecule has 0 bridgehead atoms. The first kappa shape index (κ1) is 15.6. The van der Waals surface area contributed by atoms with Crippen LogP contribution in [0.2, 0.25) is 0 Å². The second kappa shape index (κ2) is 6.81. The average Bonchev–Trinajstić information content (AvgIpc) is 2.84. The van der Waals surface area contributed by atoms with E-state index in [9.17, 15) is 10.1 Å². The highest BCUT2D eigenvalue weighted by Gasteiger charge is 2.27. The molecule has 1 amide bonds. The number of nitrogens with one attached hydrogen (secondary N) is 1. The van der Waals surface area contributed by atoms with Crippen LogP contribution in [0.25, 0.3) is 0 Å². The quantitative estimate of drug-likeness (QED) is 0.895. The molecule has 1 unspecified atom stereocenters. The molecule has 1 atom stereocenters. The van der Waals surface area contributed by atoms with Crippen molar-refractivity contribution in [1.29, 1.82) is 5.26 Å². The topological polar surface area (TPSA) is 82.2 Å². The Labute approximate surface area is 129 Å². The first-order valence-corrected chi connectivity index (χ1v) is 8.29. The second-order valence-electron chi connectivity index (χ2n) is 5.36. The fourth-order valence-electron chi connectivity index (χ4n) is 2.75. The Bertz CT molecular complexity index is 561. The van der Waals surface area contributed by atoms with Crippen LogP contribution in [-0.4, -0.2) is 25.5 Å². The van der Waals surface area contributed by atoms with E-state index in [1.807, 2.05) is 6.92 Å². The lowest BCUT2D eigenvalue weighted by Gasteiger charge is -2.33. The van der Waals surface area contributed by atoms with Gasteiger partial charge in [-0.1, -0.05) is 13.3 Å². The molecule has 0 radical (unpaired) electrons. The number of hydrogen-bond acceptors (Lipinski definition) is 5. The van der Waals surface area contributed by atoms with E-state index in [0.717, 1.165) is 30.9 Å². The van der Waals surface area contributed by atoms with Crippen LogP contribution in [0.3, 0.4) is 0 Å². The smallest absolute Gasteiger partial charge is 0.263 e. The number of nitriles is 1. The lowest BCUT2D eigenvalue weighted by molar-refractivity contribution is 0.0960. The monoisotopic (exact) mass is 306 g/mol. The molecule has 1 fully saturated rings. The molecule has 1 aromatic rings. The van der Waals surface area contributed by atoms with Gasteiger partial charge in [-0.15, -0.1) is 11.3 Å². The third kappa shape index (κ3) is 3.13. The summed E-state index contributed by atoms with van der Waals surface area (Å²) in [6.07, 6.45) is 3.50. The number of amides is 1. The Morgan fingerprint density at radius 2 is 2.33 bits per heavy atom. The Hall–Kier alpha value is -1.74. The van der Waals surface area contributed by atoms with Crippen LogP contribution in [0, 0.1) is 17.2 Å². The minimum Gasteiger partial charge on any atom is -0.396 e. The summed E-state index contributed by atoms with van der Waals surface area (Å²) >= 11 is 1.34. The number of carbonyl (C=O) groups is 1. The molecule has 0 aromatic carbocycles. The normalized spacial score (nSPS) is 18.3. The summed E-state index contributed by atoms with van der Waals surface area (Å²) in [7, 11) is 0. The molecule has 1 aliphatic heterocycles. The van der Waals surface area contributed by atoms with E-state index >= 15 is 0 Å². The SMILES string of the molecule is CCNC(=O)c1sc(N2CCCC(CC)C2)c(C#N)c1N. The molecule has 1 saturated heterocycles. The van der Waals surface area contributed by atoms with Gasteiger partial charge in [0, 0.05) is 19.6 Å². The van der Waals surface area contributed by atoms with Crippen LogP contribution in [-0.2, 0) is 0 Å². The van der Waals surface area contributed by atoms with Gasteiger partial charge in [0.2, 0.25) is 0 Å². The molecule has 0 saturated carbocycles. The van der Waals surface area contributed by atoms with E-state index in [0.29, 0.717) is 28.6 Å². The van der Waals surface area contributed by atoms with Gasteiger partial charge in [0.15, 0.2) is 0 Å². The molecule has 6 heteroatoms. The van der Waals surface area contributed by atoms with E-state index in [4.69, 9.17) is 5.73 Å². The van der Waals surface area contributed by atoms with Crippen molar-refractivity contribution in [3.05, 3.63) is 10.4 Å². The standard InChI is InChI=1S/C15H22N4OS/c1-3-10-6-5-7-19(9-10)15-11(8-16)12(17)13(21-15)14(20)18-4-2/h10H,3-7,9,17H2,1-2H3,(H,18,20). The van der Waals surface area contributed by atoms with Gasteiger partial charge >= 0.3 is 0 Å². The van der Waals surface area contributed by atoms with Gasteiger partial charge in [-0.3, -0.25) is 4.79 Å². The Kier molecular flexibility index (Phi) is 5.07. The third-order valence-corrected chi connectivity index (χ3v) is 5.23. The van der Waals surface area contributed by atoms with Crippen molar-refractivity contribution in [2.45, 2.75) is 33.1 Å². The zero-order chi connectivity index (χ0) is 15.4. The van der Waals surface area contributed by atoms with Gasteiger partial charge in [0.1, 0.15) is 21.5 Å². The molecule has 2 heterocycles. The van der Waals surface area contributed by atoms with Gasteiger partial charge < -0.3 is 16.0 Å². The number of nitrogen functional groups attached to an aromatic ring is 1. The Balaban J connectivity index is 2.33.